The molecule has 3 aromatic rings. The molecule has 2 aromatic heterocycles. The second-order valence-corrected chi connectivity index (χ2v) is 6.47. The molecule has 1 atom stereocenters. The van der Waals surface area contributed by atoms with E-state index in [0.29, 0.717) is 37.2 Å². The Hall–Kier alpha value is -2.67. The molecule has 130 valence electrons. The van der Waals surface area contributed by atoms with E-state index >= 15 is 0 Å². The number of nitrogens with zero attached hydrogens (tertiary/aromatic N) is 3. The topological polar surface area (TPSA) is 84.2 Å². The molecule has 1 saturated heterocycles. The molecule has 7 nitrogen and oxygen atoms in total. The molecular formula is C18H20N4O3. The van der Waals surface area contributed by atoms with Crippen LogP contribution in [0.15, 0.2) is 22.6 Å². The van der Waals surface area contributed by atoms with E-state index in [9.17, 15) is 4.79 Å². The number of carbonyl (C=O) groups excluding carboxylic acids is 1. The number of aryl methyl sites for hydroxylation is 3. The molecule has 1 unspecified atom stereocenters. The standard InChI is InChI=1S/C18H20N4O3/c1-10-6-11(2)13-8-15(19-14(13)7-10)18(23)22-4-5-24-9-16(22)17-21-20-12(3)25-17/h6-8,16,19H,4-5,9H2,1-3H3. The van der Waals surface area contributed by atoms with Crippen LogP contribution in [-0.2, 0) is 4.74 Å². The van der Waals surface area contributed by atoms with Gasteiger partial charge in [-0.05, 0) is 37.1 Å². The van der Waals surface area contributed by atoms with Crippen LogP contribution in [0.3, 0.4) is 0 Å². The number of rotatable bonds is 2. The average molecular weight is 340 g/mol. The van der Waals surface area contributed by atoms with Crippen molar-refractivity contribution >= 4 is 16.8 Å². The Kier molecular flexibility index (Phi) is 3.80. The van der Waals surface area contributed by atoms with Crippen LogP contribution in [0.5, 0.6) is 0 Å². The number of aromatic nitrogens is 3. The van der Waals surface area contributed by atoms with Crippen molar-refractivity contribution in [3.63, 3.8) is 0 Å². The first-order chi connectivity index (χ1) is 12.0. The van der Waals surface area contributed by atoms with Crippen LogP contribution in [0.4, 0.5) is 0 Å². The molecular weight excluding hydrogens is 320 g/mol. The molecule has 25 heavy (non-hydrogen) atoms. The zero-order valence-electron chi connectivity index (χ0n) is 14.5. The Morgan fingerprint density at radius 3 is 2.84 bits per heavy atom. The summed E-state index contributed by atoms with van der Waals surface area (Å²) in [5, 5.41) is 8.99. The zero-order valence-corrected chi connectivity index (χ0v) is 14.5. The number of hydrogen-bond donors (Lipinski definition) is 1. The second kappa shape index (κ2) is 6.00. The molecule has 1 N–H and O–H groups in total. The lowest BCUT2D eigenvalue weighted by molar-refractivity contribution is -0.0108. The van der Waals surface area contributed by atoms with E-state index in [1.807, 2.05) is 13.0 Å². The van der Waals surface area contributed by atoms with Crippen LogP contribution >= 0.6 is 0 Å². The number of hydrogen-bond acceptors (Lipinski definition) is 5. The number of H-pyrrole nitrogens is 1. The van der Waals surface area contributed by atoms with Crippen LogP contribution in [0.1, 0.15) is 39.4 Å². The lowest BCUT2D eigenvalue weighted by Crippen LogP contribution is -2.43. The summed E-state index contributed by atoms with van der Waals surface area (Å²) in [5.41, 5.74) is 3.85. The maximum atomic E-state index is 13.1. The van der Waals surface area contributed by atoms with Crippen molar-refractivity contribution in [2.75, 3.05) is 19.8 Å². The quantitative estimate of drug-likeness (QED) is 0.775. The van der Waals surface area contributed by atoms with E-state index in [4.69, 9.17) is 9.15 Å². The van der Waals surface area contributed by atoms with Crippen molar-refractivity contribution in [2.45, 2.75) is 26.8 Å². The molecule has 1 fully saturated rings. The van der Waals surface area contributed by atoms with Gasteiger partial charge in [-0.25, -0.2) is 0 Å². The van der Waals surface area contributed by atoms with Gasteiger partial charge in [-0.3, -0.25) is 4.79 Å². The highest BCUT2D eigenvalue weighted by Crippen LogP contribution is 2.27. The third-order valence-corrected chi connectivity index (χ3v) is 4.54. The highest BCUT2D eigenvalue weighted by atomic mass is 16.5. The van der Waals surface area contributed by atoms with Crippen molar-refractivity contribution in [3.05, 3.63) is 46.8 Å². The van der Waals surface area contributed by atoms with Gasteiger partial charge in [-0.15, -0.1) is 10.2 Å². The minimum atomic E-state index is -0.364. The predicted octanol–water partition coefficient (Wildman–Crippen LogP) is 2.69. The number of benzene rings is 1. The first-order valence-corrected chi connectivity index (χ1v) is 8.31. The largest absolute Gasteiger partial charge is 0.423 e. The van der Waals surface area contributed by atoms with E-state index in [1.165, 1.54) is 0 Å². The molecule has 0 bridgehead atoms. The number of amides is 1. The van der Waals surface area contributed by atoms with Crippen molar-refractivity contribution in [1.82, 2.24) is 20.1 Å². The van der Waals surface area contributed by atoms with Crippen molar-refractivity contribution < 1.29 is 13.9 Å². The van der Waals surface area contributed by atoms with Crippen LogP contribution in [0.25, 0.3) is 10.9 Å². The molecule has 0 saturated carbocycles. The van der Waals surface area contributed by atoms with Crippen molar-refractivity contribution in [2.24, 2.45) is 0 Å². The Balaban J connectivity index is 1.70. The average Bonchev–Trinajstić information content (AvgIpc) is 3.20. The predicted molar refractivity (Wildman–Crippen MR) is 91.4 cm³/mol. The van der Waals surface area contributed by atoms with Gasteiger partial charge in [0.25, 0.3) is 5.91 Å². The van der Waals surface area contributed by atoms with Gasteiger partial charge < -0.3 is 19.0 Å². The lowest BCUT2D eigenvalue weighted by atomic mass is 10.1. The van der Waals surface area contributed by atoms with Crippen molar-refractivity contribution in [1.29, 1.82) is 0 Å². The molecule has 1 amide bonds. The molecule has 7 heteroatoms. The number of morpholine rings is 1. The highest BCUT2D eigenvalue weighted by Gasteiger charge is 2.33. The monoisotopic (exact) mass is 340 g/mol. The molecule has 1 aliphatic rings. The normalized spacial score (nSPS) is 18.0. The maximum absolute atomic E-state index is 13.1. The summed E-state index contributed by atoms with van der Waals surface area (Å²) < 4.78 is 11.1. The Morgan fingerprint density at radius 2 is 2.08 bits per heavy atom. The number of aromatic amines is 1. The number of nitrogens with one attached hydrogen (secondary N) is 1. The number of carbonyl (C=O) groups is 1. The van der Waals surface area contributed by atoms with E-state index < -0.39 is 0 Å². The van der Waals surface area contributed by atoms with Crippen LogP contribution in [0, 0.1) is 20.8 Å². The van der Waals surface area contributed by atoms with Gasteiger partial charge in [-0.2, -0.15) is 0 Å². The van der Waals surface area contributed by atoms with Crippen LogP contribution < -0.4 is 0 Å². The number of ether oxygens (including phenoxy) is 1. The van der Waals surface area contributed by atoms with Crippen LogP contribution in [0.2, 0.25) is 0 Å². The molecule has 1 aliphatic heterocycles. The fourth-order valence-corrected chi connectivity index (χ4v) is 3.37. The first-order valence-electron chi connectivity index (χ1n) is 8.31. The SMILES string of the molecule is Cc1cc(C)c2cc(C(=O)N3CCOCC3c3nnc(C)o3)[nH]c2c1. The van der Waals surface area contributed by atoms with Gasteiger partial charge in [0.15, 0.2) is 0 Å². The Bertz CT molecular complexity index is 943. The molecule has 0 radical (unpaired) electrons. The summed E-state index contributed by atoms with van der Waals surface area (Å²) in [5.74, 6) is 0.802. The van der Waals surface area contributed by atoms with E-state index in [2.05, 4.69) is 34.2 Å². The van der Waals surface area contributed by atoms with Gasteiger partial charge in [0, 0.05) is 24.4 Å². The van der Waals surface area contributed by atoms with Gasteiger partial charge in [0.1, 0.15) is 11.7 Å². The van der Waals surface area contributed by atoms with Gasteiger partial charge in [-0.1, -0.05) is 6.07 Å². The smallest absolute Gasteiger partial charge is 0.271 e. The minimum absolute atomic E-state index is 0.0857. The minimum Gasteiger partial charge on any atom is -0.423 e. The lowest BCUT2D eigenvalue weighted by Gasteiger charge is -2.33. The summed E-state index contributed by atoms with van der Waals surface area (Å²) in [7, 11) is 0. The molecule has 0 aliphatic carbocycles. The number of fused-ring (bicyclic) bond motifs is 1. The molecule has 4 rings (SSSR count). The fourth-order valence-electron chi connectivity index (χ4n) is 3.37. The summed E-state index contributed by atoms with van der Waals surface area (Å²) in [6, 6.07) is 5.72. The van der Waals surface area contributed by atoms with Crippen molar-refractivity contribution in [3.8, 4) is 0 Å². The van der Waals surface area contributed by atoms with Gasteiger partial charge in [0.2, 0.25) is 11.8 Å². The van der Waals surface area contributed by atoms with E-state index in [-0.39, 0.29) is 11.9 Å². The molecule has 0 spiro atoms. The summed E-state index contributed by atoms with van der Waals surface area (Å²) in [4.78, 5) is 18.1. The highest BCUT2D eigenvalue weighted by molar-refractivity contribution is 5.99. The summed E-state index contributed by atoms with van der Waals surface area (Å²) in [6.07, 6.45) is 0. The van der Waals surface area contributed by atoms with E-state index in [1.54, 1.807) is 11.8 Å². The third-order valence-electron chi connectivity index (χ3n) is 4.54. The van der Waals surface area contributed by atoms with Crippen LogP contribution in [-0.4, -0.2) is 45.7 Å². The maximum Gasteiger partial charge on any atom is 0.271 e. The summed E-state index contributed by atoms with van der Waals surface area (Å²) in [6.45, 7) is 7.16. The summed E-state index contributed by atoms with van der Waals surface area (Å²) >= 11 is 0. The Labute approximate surface area is 145 Å². The molecule has 1 aromatic carbocycles. The zero-order chi connectivity index (χ0) is 17.6. The van der Waals surface area contributed by atoms with E-state index in [0.717, 1.165) is 22.0 Å². The van der Waals surface area contributed by atoms with Gasteiger partial charge >= 0.3 is 0 Å². The second-order valence-electron chi connectivity index (χ2n) is 6.47. The molecule has 3 heterocycles. The Morgan fingerprint density at radius 1 is 1.24 bits per heavy atom. The van der Waals surface area contributed by atoms with Gasteiger partial charge in [0.05, 0.1) is 13.2 Å². The fraction of sp³-hybridized carbons (Fsp3) is 0.389. The first kappa shape index (κ1) is 15.8. The third kappa shape index (κ3) is 2.80.